The van der Waals surface area contributed by atoms with Gasteiger partial charge in [-0.1, -0.05) is 35.5 Å². The Hall–Kier alpha value is -3.45. The van der Waals surface area contributed by atoms with Gasteiger partial charge in [-0.15, -0.1) is 11.3 Å². The molecule has 0 amide bonds. The summed E-state index contributed by atoms with van der Waals surface area (Å²) in [5, 5.41) is 21.3. The highest BCUT2D eigenvalue weighted by Crippen LogP contribution is 2.35. The van der Waals surface area contributed by atoms with E-state index in [1.807, 2.05) is 29.6 Å². The van der Waals surface area contributed by atoms with Gasteiger partial charge in [0.2, 0.25) is 0 Å². The van der Waals surface area contributed by atoms with Gasteiger partial charge < -0.3 is 4.98 Å². The lowest BCUT2D eigenvalue weighted by atomic mass is 10.0. The summed E-state index contributed by atoms with van der Waals surface area (Å²) in [6.07, 6.45) is 3.13. The van der Waals surface area contributed by atoms with Crippen LogP contribution in [0.2, 0.25) is 5.02 Å². The zero-order valence-corrected chi connectivity index (χ0v) is 18.7. The predicted octanol–water partition coefficient (Wildman–Crippen LogP) is 5.25. The maximum atomic E-state index is 12.5. The molecule has 5 rings (SSSR count). The number of fused-ring (bicyclic) bond motifs is 1. The van der Waals surface area contributed by atoms with Gasteiger partial charge >= 0.3 is 0 Å². The van der Waals surface area contributed by atoms with Crippen molar-refractivity contribution in [1.82, 2.24) is 25.1 Å². The second kappa shape index (κ2) is 8.59. The molecule has 4 heterocycles. The molecule has 0 aliphatic heterocycles. The quantitative estimate of drug-likeness (QED) is 0.335. The smallest absolute Gasteiger partial charge is 0.258 e. The molecule has 0 unspecified atom stereocenters. The second-order valence-corrected chi connectivity index (χ2v) is 9.01. The molecular weight excluding hydrogens is 464 g/mol. The van der Waals surface area contributed by atoms with Crippen LogP contribution in [0.1, 0.15) is 11.3 Å². The van der Waals surface area contributed by atoms with Crippen molar-refractivity contribution >= 4 is 45.6 Å². The van der Waals surface area contributed by atoms with Crippen LogP contribution in [0.25, 0.3) is 32.7 Å². The topological polar surface area (TPSA) is 111 Å². The van der Waals surface area contributed by atoms with Gasteiger partial charge in [0.1, 0.15) is 16.1 Å². The van der Waals surface area contributed by atoms with Crippen LogP contribution in [-0.2, 0) is 5.75 Å². The van der Waals surface area contributed by atoms with Gasteiger partial charge in [0.25, 0.3) is 5.56 Å². The third-order valence-electron chi connectivity index (χ3n) is 4.76. The Balaban J connectivity index is 1.52. The summed E-state index contributed by atoms with van der Waals surface area (Å²) in [5.74, 6) is 0.531. The van der Waals surface area contributed by atoms with Crippen molar-refractivity contribution in [2.45, 2.75) is 10.8 Å². The number of nitrogens with zero attached hydrogens (tertiary/aromatic N) is 4. The molecule has 7 nitrogen and oxygen atoms in total. The van der Waals surface area contributed by atoms with E-state index in [1.54, 1.807) is 35.9 Å². The molecular formula is C22H13ClN6OS2. The van der Waals surface area contributed by atoms with E-state index in [2.05, 4.69) is 26.2 Å². The van der Waals surface area contributed by atoms with Gasteiger partial charge in [0.05, 0.1) is 27.9 Å². The van der Waals surface area contributed by atoms with E-state index < -0.39 is 0 Å². The first-order valence-electron chi connectivity index (χ1n) is 9.42. The summed E-state index contributed by atoms with van der Waals surface area (Å²) in [6.45, 7) is 0. The molecule has 2 N–H and O–H groups in total. The largest absolute Gasteiger partial charge is 0.328 e. The van der Waals surface area contributed by atoms with Crippen molar-refractivity contribution < 1.29 is 0 Å². The van der Waals surface area contributed by atoms with Crippen LogP contribution in [0, 0.1) is 11.3 Å². The molecule has 0 spiro atoms. The van der Waals surface area contributed by atoms with Gasteiger partial charge in [-0.25, -0.2) is 9.97 Å². The lowest BCUT2D eigenvalue weighted by Crippen LogP contribution is -2.09. The van der Waals surface area contributed by atoms with Crippen molar-refractivity contribution in [3.05, 3.63) is 80.8 Å². The Morgan fingerprint density at radius 3 is 2.75 bits per heavy atom. The number of halogens is 1. The molecule has 156 valence electrons. The number of benzene rings is 1. The molecule has 1 aromatic carbocycles. The van der Waals surface area contributed by atoms with E-state index >= 15 is 0 Å². The highest BCUT2D eigenvalue weighted by Gasteiger charge is 2.20. The number of thiazole rings is 1. The molecule has 0 aliphatic rings. The third-order valence-corrected chi connectivity index (χ3v) is 6.96. The number of rotatable bonds is 5. The minimum atomic E-state index is -0.306. The highest BCUT2D eigenvalue weighted by atomic mass is 35.5. The molecule has 0 saturated heterocycles. The fraction of sp³-hybridized carbons (Fsp3) is 0.0455. The van der Waals surface area contributed by atoms with Crippen molar-refractivity contribution in [1.29, 1.82) is 5.26 Å². The molecule has 4 aromatic heterocycles. The van der Waals surface area contributed by atoms with Crippen molar-refractivity contribution in [3.8, 4) is 27.9 Å². The van der Waals surface area contributed by atoms with Crippen LogP contribution >= 0.6 is 34.7 Å². The summed E-state index contributed by atoms with van der Waals surface area (Å²) in [5.41, 5.74) is 3.50. The van der Waals surface area contributed by atoms with E-state index in [4.69, 9.17) is 16.6 Å². The molecule has 32 heavy (non-hydrogen) atoms. The minimum Gasteiger partial charge on any atom is -0.328 e. The maximum Gasteiger partial charge on any atom is 0.258 e. The summed E-state index contributed by atoms with van der Waals surface area (Å²) in [4.78, 5) is 24.5. The second-order valence-electron chi connectivity index (χ2n) is 6.76. The number of pyridine rings is 2. The number of H-pyrrole nitrogens is 2. The summed E-state index contributed by atoms with van der Waals surface area (Å²) in [6, 6.07) is 13.2. The van der Waals surface area contributed by atoms with E-state index in [0.29, 0.717) is 43.5 Å². The predicted molar refractivity (Wildman–Crippen MR) is 127 cm³/mol. The van der Waals surface area contributed by atoms with Crippen LogP contribution in [0.5, 0.6) is 0 Å². The summed E-state index contributed by atoms with van der Waals surface area (Å²) >= 11 is 8.93. The molecule has 0 saturated carbocycles. The standard InChI is InChI=1S/C22H13ClN6OS2/c23-13-3-1-12(2-4-13)21-27-14(10-31-21)11-32-22-15(9-24)18(17-6-8-26-29-17)19-16(28-22)5-7-25-20(19)30/h1-8,10H,11H2,(H,25,30)(H,26,29). The van der Waals surface area contributed by atoms with Crippen molar-refractivity contribution in [2.75, 3.05) is 0 Å². The van der Waals surface area contributed by atoms with Gasteiger partial charge in [0, 0.05) is 39.7 Å². The molecule has 5 aromatic rings. The van der Waals surface area contributed by atoms with E-state index in [0.717, 1.165) is 16.3 Å². The van der Waals surface area contributed by atoms with Crippen LogP contribution < -0.4 is 5.56 Å². The van der Waals surface area contributed by atoms with E-state index in [9.17, 15) is 10.1 Å². The van der Waals surface area contributed by atoms with E-state index in [-0.39, 0.29) is 5.56 Å². The monoisotopic (exact) mass is 476 g/mol. The fourth-order valence-corrected chi connectivity index (χ4v) is 5.26. The van der Waals surface area contributed by atoms with Gasteiger partial charge in [-0.05, 0) is 24.3 Å². The van der Waals surface area contributed by atoms with Gasteiger partial charge in [-0.3, -0.25) is 9.89 Å². The van der Waals surface area contributed by atoms with Gasteiger partial charge in [-0.2, -0.15) is 10.4 Å². The highest BCUT2D eigenvalue weighted by molar-refractivity contribution is 7.98. The van der Waals surface area contributed by atoms with Crippen molar-refractivity contribution in [2.24, 2.45) is 0 Å². The Labute approximate surface area is 195 Å². The molecule has 0 atom stereocenters. The lowest BCUT2D eigenvalue weighted by Gasteiger charge is -2.10. The average Bonchev–Trinajstić information content (AvgIpc) is 3.50. The number of thioether (sulfide) groups is 1. The van der Waals surface area contributed by atoms with Gasteiger partial charge in [0.15, 0.2) is 0 Å². The third kappa shape index (κ3) is 3.80. The van der Waals surface area contributed by atoms with Crippen LogP contribution in [-0.4, -0.2) is 25.1 Å². The molecule has 0 bridgehead atoms. The Morgan fingerprint density at radius 2 is 2.00 bits per heavy atom. The Bertz CT molecular complexity index is 1520. The number of nitriles is 1. The molecule has 0 fully saturated rings. The Kier molecular flexibility index (Phi) is 5.49. The zero-order valence-electron chi connectivity index (χ0n) is 16.3. The van der Waals surface area contributed by atoms with E-state index in [1.165, 1.54) is 11.8 Å². The normalized spacial score (nSPS) is 11.0. The minimum absolute atomic E-state index is 0.306. The van der Waals surface area contributed by atoms with Crippen LogP contribution in [0.15, 0.2) is 64.0 Å². The Morgan fingerprint density at radius 1 is 1.16 bits per heavy atom. The maximum absolute atomic E-state index is 12.5. The molecule has 0 radical (unpaired) electrons. The average molecular weight is 477 g/mol. The number of aromatic amines is 2. The number of hydrogen-bond acceptors (Lipinski definition) is 7. The SMILES string of the molecule is N#Cc1c(SCc2csc(-c3ccc(Cl)cc3)n2)nc2cc[nH]c(=O)c2c1-c1ccn[nH]1. The van der Waals surface area contributed by atoms with Crippen LogP contribution in [0.4, 0.5) is 0 Å². The zero-order chi connectivity index (χ0) is 22.1. The van der Waals surface area contributed by atoms with Crippen molar-refractivity contribution in [3.63, 3.8) is 0 Å². The lowest BCUT2D eigenvalue weighted by molar-refractivity contribution is 1.08. The number of nitrogens with one attached hydrogen (secondary N) is 2. The summed E-state index contributed by atoms with van der Waals surface area (Å²) < 4.78 is 0. The number of hydrogen-bond donors (Lipinski definition) is 2. The molecule has 10 heteroatoms. The van der Waals surface area contributed by atoms with Crippen LogP contribution in [0.3, 0.4) is 0 Å². The summed E-state index contributed by atoms with van der Waals surface area (Å²) in [7, 11) is 0. The number of aromatic nitrogens is 5. The first-order chi connectivity index (χ1) is 15.6. The first kappa shape index (κ1) is 20.5. The molecule has 0 aliphatic carbocycles. The fourth-order valence-electron chi connectivity index (χ4n) is 3.31. The first-order valence-corrected chi connectivity index (χ1v) is 11.7.